The van der Waals surface area contributed by atoms with Gasteiger partial charge >= 0.3 is 0 Å². The van der Waals surface area contributed by atoms with Crippen LogP contribution < -0.4 is 9.47 Å². The number of piperidine rings is 1. The smallest absolute Gasteiger partial charge is 0.167 e. The van der Waals surface area contributed by atoms with Crippen LogP contribution in [0.4, 0.5) is 0 Å². The Labute approximate surface area is 133 Å². The van der Waals surface area contributed by atoms with E-state index in [0.29, 0.717) is 30.8 Å². The number of hydrogen-bond donors (Lipinski definition) is 1. The number of rotatable bonds is 3. The Morgan fingerprint density at radius 1 is 1.27 bits per heavy atom. The molecular formula is C18H27NO3. The zero-order valence-corrected chi connectivity index (χ0v) is 13.8. The van der Waals surface area contributed by atoms with E-state index < -0.39 is 6.10 Å². The molecule has 0 radical (unpaired) electrons. The molecule has 0 amide bonds. The molecule has 4 atom stereocenters. The lowest BCUT2D eigenvalue weighted by Gasteiger charge is -2.43. The molecule has 0 aliphatic carbocycles. The monoisotopic (exact) mass is 305 g/mol. The Morgan fingerprint density at radius 2 is 2.00 bits per heavy atom. The third-order valence-electron chi connectivity index (χ3n) is 4.76. The zero-order chi connectivity index (χ0) is 15.7. The summed E-state index contributed by atoms with van der Waals surface area (Å²) >= 11 is 0. The first kappa shape index (κ1) is 15.6. The lowest BCUT2D eigenvalue weighted by Crippen LogP contribution is -2.51. The van der Waals surface area contributed by atoms with E-state index in [0.717, 1.165) is 24.4 Å². The molecule has 0 saturated carbocycles. The topological polar surface area (TPSA) is 41.9 Å². The van der Waals surface area contributed by atoms with E-state index in [1.807, 2.05) is 25.1 Å². The van der Waals surface area contributed by atoms with Gasteiger partial charge in [0.15, 0.2) is 11.5 Å². The number of likely N-dealkylation sites (tertiary alicyclic amines) is 1. The van der Waals surface area contributed by atoms with Gasteiger partial charge in [-0.2, -0.15) is 0 Å². The van der Waals surface area contributed by atoms with Crippen molar-refractivity contribution in [3.63, 3.8) is 0 Å². The van der Waals surface area contributed by atoms with Gasteiger partial charge < -0.3 is 14.6 Å². The molecule has 1 aromatic carbocycles. The van der Waals surface area contributed by atoms with Crippen LogP contribution in [0.15, 0.2) is 18.2 Å². The fourth-order valence-electron chi connectivity index (χ4n) is 3.94. The predicted molar refractivity (Wildman–Crippen MR) is 86.4 cm³/mol. The molecule has 3 rings (SSSR count). The summed E-state index contributed by atoms with van der Waals surface area (Å²) in [6.07, 6.45) is 0.757. The second-order valence-electron chi connectivity index (χ2n) is 6.83. The summed E-state index contributed by atoms with van der Waals surface area (Å²) in [7, 11) is 0. The molecule has 0 aromatic heterocycles. The summed E-state index contributed by atoms with van der Waals surface area (Å²) in [6.45, 7) is 9.74. The van der Waals surface area contributed by atoms with Gasteiger partial charge in [0.1, 0.15) is 12.7 Å². The average Bonchev–Trinajstić information content (AvgIpc) is 2.47. The SMILES string of the molecule is CCOc1cccc2c1OCC(N1CC(C)CC(C)C1)C2O. The molecule has 22 heavy (non-hydrogen) atoms. The van der Waals surface area contributed by atoms with Crippen LogP contribution in [0.3, 0.4) is 0 Å². The van der Waals surface area contributed by atoms with Gasteiger partial charge in [-0.3, -0.25) is 4.90 Å². The second kappa shape index (κ2) is 6.47. The van der Waals surface area contributed by atoms with Gasteiger partial charge in [0, 0.05) is 18.7 Å². The number of ether oxygens (including phenoxy) is 2. The Morgan fingerprint density at radius 3 is 2.68 bits per heavy atom. The molecule has 0 spiro atoms. The van der Waals surface area contributed by atoms with Crippen LogP contribution in [0.25, 0.3) is 0 Å². The molecule has 2 aliphatic rings. The Kier molecular flexibility index (Phi) is 4.59. The standard InChI is InChI=1S/C18H27NO3/c1-4-21-16-7-5-6-14-17(20)15(11-22-18(14)16)19-9-12(2)8-13(3)10-19/h5-7,12-13,15,17,20H,4,8-11H2,1-3H3. The Balaban J connectivity index is 1.82. The molecule has 4 heteroatoms. The first-order chi connectivity index (χ1) is 10.6. The van der Waals surface area contributed by atoms with E-state index in [1.54, 1.807) is 0 Å². The van der Waals surface area contributed by atoms with Crippen molar-refractivity contribution in [3.05, 3.63) is 23.8 Å². The lowest BCUT2D eigenvalue weighted by atomic mass is 9.88. The summed E-state index contributed by atoms with van der Waals surface area (Å²) in [4.78, 5) is 2.40. The van der Waals surface area contributed by atoms with Crippen molar-refractivity contribution < 1.29 is 14.6 Å². The van der Waals surface area contributed by atoms with Gasteiger partial charge in [0.05, 0.1) is 12.6 Å². The quantitative estimate of drug-likeness (QED) is 0.932. The molecule has 4 nitrogen and oxygen atoms in total. The number of hydrogen-bond acceptors (Lipinski definition) is 4. The van der Waals surface area contributed by atoms with Crippen LogP contribution in [0.1, 0.15) is 38.9 Å². The van der Waals surface area contributed by atoms with Crippen molar-refractivity contribution in [2.75, 3.05) is 26.3 Å². The van der Waals surface area contributed by atoms with Crippen LogP contribution in [0, 0.1) is 11.8 Å². The van der Waals surface area contributed by atoms with Crippen molar-refractivity contribution >= 4 is 0 Å². The highest BCUT2D eigenvalue weighted by Gasteiger charge is 2.37. The van der Waals surface area contributed by atoms with Gasteiger partial charge in [-0.1, -0.05) is 26.0 Å². The van der Waals surface area contributed by atoms with E-state index in [9.17, 15) is 5.11 Å². The zero-order valence-electron chi connectivity index (χ0n) is 13.8. The number of para-hydroxylation sites is 1. The van der Waals surface area contributed by atoms with Crippen molar-refractivity contribution in [3.8, 4) is 11.5 Å². The molecule has 1 saturated heterocycles. The van der Waals surface area contributed by atoms with Crippen LogP contribution in [-0.2, 0) is 0 Å². The van der Waals surface area contributed by atoms with E-state index in [2.05, 4.69) is 18.7 Å². The fourth-order valence-corrected chi connectivity index (χ4v) is 3.94. The van der Waals surface area contributed by atoms with Crippen molar-refractivity contribution in [1.82, 2.24) is 4.90 Å². The van der Waals surface area contributed by atoms with Crippen LogP contribution >= 0.6 is 0 Å². The van der Waals surface area contributed by atoms with Crippen molar-refractivity contribution in [2.45, 2.75) is 39.3 Å². The molecule has 1 aromatic rings. The highest BCUT2D eigenvalue weighted by atomic mass is 16.5. The van der Waals surface area contributed by atoms with Crippen molar-refractivity contribution in [2.24, 2.45) is 11.8 Å². The lowest BCUT2D eigenvalue weighted by molar-refractivity contribution is -0.0235. The van der Waals surface area contributed by atoms with Gasteiger partial charge in [0.2, 0.25) is 0 Å². The third-order valence-corrected chi connectivity index (χ3v) is 4.76. The number of aliphatic hydroxyl groups excluding tert-OH is 1. The Hall–Kier alpha value is -1.26. The minimum atomic E-state index is -0.512. The minimum absolute atomic E-state index is 0.0366. The number of aliphatic hydroxyl groups is 1. The summed E-state index contributed by atoms with van der Waals surface area (Å²) < 4.78 is 11.6. The summed E-state index contributed by atoms with van der Waals surface area (Å²) in [6, 6.07) is 5.82. The van der Waals surface area contributed by atoms with Crippen molar-refractivity contribution in [1.29, 1.82) is 0 Å². The second-order valence-corrected chi connectivity index (χ2v) is 6.83. The minimum Gasteiger partial charge on any atom is -0.490 e. The number of fused-ring (bicyclic) bond motifs is 1. The van der Waals surface area contributed by atoms with Gasteiger partial charge in [-0.25, -0.2) is 0 Å². The molecule has 0 bridgehead atoms. The van der Waals surface area contributed by atoms with E-state index >= 15 is 0 Å². The molecular weight excluding hydrogens is 278 g/mol. The first-order valence-electron chi connectivity index (χ1n) is 8.40. The van der Waals surface area contributed by atoms with Crippen LogP contribution in [-0.4, -0.2) is 42.4 Å². The highest BCUT2D eigenvalue weighted by molar-refractivity contribution is 5.49. The predicted octanol–water partition coefficient (Wildman–Crippen LogP) is 2.86. The maximum Gasteiger partial charge on any atom is 0.167 e. The van der Waals surface area contributed by atoms with Crippen LogP contribution in [0.2, 0.25) is 0 Å². The fraction of sp³-hybridized carbons (Fsp3) is 0.667. The van der Waals surface area contributed by atoms with E-state index in [4.69, 9.17) is 9.47 Å². The number of nitrogens with zero attached hydrogens (tertiary/aromatic N) is 1. The molecule has 2 aliphatic heterocycles. The molecule has 122 valence electrons. The highest BCUT2D eigenvalue weighted by Crippen LogP contribution is 2.41. The molecule has 2 heterocycles. The normalized spacial score (nSPS) is 32.2. The summed E-state index contributed by atoms with van der Waals surface area (Å²) in [5.74, 6) is 2.79. The molecule has 1 N–H and O–H groups in total. The van der Waals surface area contributed by atoms with Gasteiger partial charge in [-0.05, 0) is 31.2 Å². The molecule has 1 fully saturated rings. The maximum atomic E-state index is 10.9. The number of benzene rings is 1. The first-order valence-corrected chi connectivity index (χ1v) is 8.40. The summed E-state index contributed by atoms with van der Waals surface area (Å²) in [5, 5.41) is 10.9. The van der Waals surface area contributed by atoms with E-state index in [1.165, 1.54) is 6.42 Å². The van der Waals surface area contributed by atoms with Gasteiger partial charge in [-0.15, -0.1) is 0 Å². The largest absolute Gasteiger partial charge is 0.490 e. The van der Waals surface area contributed by atoms with E-state index in [-0.39, 0.29) is 6.04 Å². The average molecular weight is 305 g/mol. The Bertz CT molecular complexity index is 509. The van der Waals surface area contributed by atoms with Gasteiger partial charge in [0.25, 0.3) is 0 Å². The van der Waals surface area contributed by atoms with Crippen LogP contribution in [0.5, 0.6) is 11.5 Å². The maximum absolute atomic E-state index is 10.9. The molecule has 4 unspecified atom stereocenters. The summed E-state index contributed by atoms with van der Waals surface area (Å²) in [5.41, 5.74) is 0.855. The third kappa shape index (κ3) is 2.95.